The van der Waals surface area contributed by atoms with Crippen LogP contribution < -0.4 is 15.8 Å². The number of primary amides is 1. The molecule has 0 unspecified atom stereocenters. The molecule has 0 heterocycles. The van der Waals surface area contributed by atoms with E-state index in [-0.39, 0.29) is 17.0 Å². The SMILES string of the molecule is COc1ccc(CC(F)(F)F)cc1NC(N)=O. The number of benzene rings is 1. The van der Waals surface area contributed by atoms with Crippen molar-refractivity contribution in [1.29, 1.82) is 0 Å². The quantitative estimate of drug-likeness (QED) is 0.861. The molecule has 2 amide bonds. The molecule has 0 aromatic heterocycles. The molecule has 0 radical (unpaired) electrons. The molecule has 17 heavy (non-hydrogen) atoms. The normalized spacial score (nSPS) is 11.1. The number of amides is 2. The lowest BCUT2D eigenvalue weighted by molar-refractivity contribution is -0.127. The molecular weight excluding hydrogens is 237 g/mol. The third-order valence-electron chi connectivity index (χ3n) is 1.93. The van der Waals surface area contributed by atoms with Crippen molar-refractivity contribution in [2.24, 2.45) is 5.73 Å². The van der Waals surface area contributed by atoms with Crippen molar-refractivity contribution in [3.05, 3.63) is 23.8 Å². The van der Waals surface area contributed by atoms with Crippen molar-refractivity contribution < 1.29 is 22.7 Å². The first-order chi connectivity index (χ1) is 7.81. The van der Waals surface area contributed by atoms with Gasteiger partial charge in [0.2, 0.25) is 0 Å². The number of urea groups is 1. The van der Waals surface area contributed by atoms with Crippen LogP contribution in [0.3, 0.4) is 0 Å². The van der Waals surface area contributed by atoms with Crippen LogP contribution in [0.15, 0.2) is 18.2 Å². The summed E-state index contributed by atoms with van der Waals surface area (Å²) in [6.07, 6.45) is -5.39. The maximum Gasteiger partial charge on any atom is 0.393 e. The molecule has 0 aliphatic heterocycles. The number of hydrogen-bond acceptors (Lipinski definition) is 2. The minimum absolute atomic E-state index is 0.0158. The van der Waals surface area contributed by atoms with Crippen molar-refractivity contribution in [2.45, 2.75) is 12.6 Å². The highest BCUT2D eigenvalue weighted by Gasteiger charge is 2.27. The highest BCUT2D eigenvalue weighted by molar-refractivity contribution is 5.89. The van der Waals surface area contributed by atoms with E-state index in [2.05, 4.69) is 5.32 Å². The highest BCUT2D eigenvalue weighted by atomic mass is 19.4. The molecule has 7 heteroatoms. The summed E-state index contributed by atoms with van der Waals surface area (Å²) in [6.45, 7) is 0. The fourth-order valence-electron chi connectivity index (χ4n) is 1.33. The zero-order valence-corrected chi connectivity index (χ0v) is 8.97. The predicted molar refractivity (Wildman–Crippen MR) is 56.0 cm³/mol. The number of anilines is 1. The highest BCUT2D eigenvalue weighted by Crippen LogP contribution is 2.28. The van der Waals surface area contributed by atoms with E-state index in [9.17, 15) is 18.0 Å². The van der Waals surface area contributed by atoms with Gasteiger partial charge in [0, 0.05) is 0 Å². The molecule has 1 rings (SSSR count). The Hall–Kier alpha value is -1.92. The summed E-state index contributed by atoms with van der Waals surface area (Å²) in [5.74, 6) is 0.245. The standard InChI is InChI=1S/C10H11F3N2O2/c1-17-8-3-2-6(5-10(11,12)13)4-7(8)15-9(14)16/h2-4H,5H2,1H3,(H3,14,15,16). The van der Waals surface area contributed by atoms with Crippen LogP contribution in [0, 0.1) is 0 Å². The molecule has 0 saturated heterocycles. The Labute approximate surface area is 95.6 Å². The van der Waals surface area contributed by atoms with Crippen LogP contribution in [-0.2, 0) is 6.42 Å². The number of methoxy groups -OCH3 is 1. The third kappa shape index (κ3) is 4.21. The minimum atomic E-state index is -4.31. The van der Waals surface area contributed by atoms with Gasteiger partial charge in [-0.15, -0.1) is 0 Å². The van der Waals surface area contributed by atoms with Crippen molar-refractivity contribution in [2.75, 3.05) is 12.4 Å². The average molecular weight is 248 g/mol. The number of hydrogen-bond donors (Lipinski definition) is 2. The first kappa shape index (κ1) is 13.1. The number of ether oxygens (including phenoxy) is 1. The van der Waals surface area contributed by atoms with Crippen LogP contribution in [0.25, 0.3) is 0 Å². The lowest BCUT2D eigenvalue weighted by Crippen LogP contribution is -2.20. The topological polar surface area (TPSA) is 64.3 Å². The van der Waals surface area contributed by atoms with E-state index in [4.69, 9.17) is 10.5 Å². The zero-order chi connectivity index (χ0) is 13.1. The summed E-state index contributed by atoms with van der Waals surface area (Å²) in [7, 11) is 1.34. The van der Waals surface area contributed by atoms with Gasteiger partial charge >= 0.3 is 12.2 Å². The number of nitrogens with two attached hydrogens (primary N) is 1. The summed E-state index contributed by atoms with van der Waals surface area (Å²) in [5.41, 5.74) is 5.03. The molecule has 4 nitrogen and oxygen atoms in total. The lowest BCUT2D eigenvalue weighted by atomic mass is 10.1. The smallest absolute Gasteiger partial charge is 0.393 e. The summed E-state index contributed by atoms with van der Waals surface area (Å²) in [6, 6.07) is 2.93. The molecule has 1 aromatic rings. The molecule has 0 aliphatic carbocycles. The molecule has 0 aliphatic rings. The molecule has 94 valence electrons. The van der Waals surface area contributed by atoms with Gasteiger partial charge in [-0.05, 0) is 17.7 Å². The number of rotatable bonds is 3. The van der Waals surface area contributed by atoms with Gasteiger partial charge in [0.25, 0.3) is 0 Å². The van der Waals surface area contributed by atoms with E-state index >= 15 is 0 Å². The number of nitrogens with one attached hydrogen (secondary N) is 1. The Morgan fingerprint density at radius 2 is 2.12 bits per heavy atom. The molecule has 0 atom stereocenters. The lowest BCUT2D eigenvalue weighted by Gasteiger charge is -2.12. The van der Waals surface area contributed by atoms with Crippen LogP contribution in [0.4, 0.5) is 23.7 Å². The molecule has 0 bridgehead atoms. The van der Waals surface area contributed by atoms with Crippen molar-refractivity contribution in [3.63, 3.8) is 0 Å². The van der Waals surface area contributed by atoms with Gasteiger partial charge in [-0.25, -0.2) is 4.79 Å². The Bertz CT molecular complexity index is 419. The minimum Gasteiger partial charge on any atom is -0.495 e. The van der Waals surface area contributed by atoms with E-state index < -0.39 is 18.6 Å². The monoisotopic (exact) mass is 248 g/mol. The number of carbonyl (C=O) groups excluding carboxylic acids is 1. The van der Waals surface area contributed by atoms with Gasteiger partial charge in [-0.1, -0.05) is 6.07 Å². The second-order valence-electron chi connectivity index (χ2n) is 3.32. The average Bonchev–Trinajstić information content (AvgIpc) is 2.14. The summed E-state index contributed by atoms with van der Waals surface area (Å²) >= 11 is 0. The van der Waals surface area contributed by atoms with E-state index in [1.807, 2.05) is 0 Å². The fraction of sp³-hybridized carbons (Fsp3) is 0.300. The molecule has 0 saturated carbocycles. The van der Waals surface area contributed by atoms with Crippen LogP contribution in [-0.4, -0.2) is 19.3 Å². The van der Waals surface area contributed by atoms with Crippen LogP contribution in [0.1, 0.15) is 5.56 Å². The number of alkyl halides is 3. The van der Waals surface area contributed by atoms with Crippen molar-refractivity contribution in [3.8, 4) is 5.75 Å². The third-order valence-corrected chi connectivity index (χ3v) is 1.93. The molecule has 0 spiro atoms. The van der Waals surface area contributed by atoms with Gasteiger partial charge in [0.15, 0.2) is 0 Å². The van der Waals surface area contributed by atoms with E-state index in [0.717, 1.165) is 0 Å². The summed E-state index contributed by atoms with van der Waals surface area (Å²) in [4.78, 5) is 10.7. The largest absolute Gasteiger partial charge is 0.495 e. The second-order valence-corrected chi connectivity index (χ2v) is 3.32. The predicted octanol–water partition coefficient (Wildman–Crippen LogP) is 2.29. The van der Waals surface area contributed by atoms with Crippen molar-refractivity contribution >= 4 is 11.7 Å². The van der Waals surface area contributed by atoms with Gasteiger partial charge < -0.3 is 15.8 Å². The second kappa shape index (κ2) is 4.94. The molecule has 3 N–H and O–H groups in total. The van der Waals surface area contributed by atoms with Crippen LogP contribution in [0.2, 0.25) is 0 Å². The summed E-state index contributed by atoms with van der Waals surface area (Å²) in [5, 5.41) is 2.20. The molecule has 1 aromatic carbocycles. The maximum absolute atomic E-state index is 12.2. The van der Waals surface area contributed by atoms with E-state index in [0.29, 0.717) is 0 Å². The number of halogens is 3. The Morgan fingerprint density at radius 3 is 2.59 bits per heavy atom. The Morgan fingerprint density at radius 1 is 1.47 bits per heavy atom. The Kier molecular flexibility index (Phi) is 3.82. The van der Waals surface area contributed by atoms with E-state index in [1.54, 1.807) is 0 Å². The van der Waals surface area contributed by atoms with Gasteiger partial charge in [0.1, 0.15) is 5.75 Å². The van der Waals surface area contributed by atoms with Crippen LogP contribution >= 0.6 is 0 Å². The first-order valence-electron chi connectivity index (χ1n) is 4.62. The van der Waals surface area contributed by atoms with Gasteiger partial charge in [0.05, 0.1) is 19.2 Å². The molecule has 0 fully saturated rings. The molecular formula is C10H11F3N2O2. The van der Waals surface area contributed by atoms with Gasteiger partial charge in [-0.3, -0.25) is 0 Å². The fourth-order valence-corrected chi connectivity index (χ4v) is 1.33. The number of carbonyl (C=O) groups is 1. The maximum atomic E-state index is 12.2. The van der Waals surface area contributed by atoms with Crippen molar-refractivity contribution in [1.82, 2.24) is 0 Å². The summed E-state index contributed by atoms with van der Waals surface area (Å²) < 4.78 is 41.4. The van der Waals surface area contributed by atoms with Crippen LogP contribution in [0.5, 0.6) is 5.75 Å². The van der Waals surface area contributed by atoms with Gasteiger partial charge in [-0.2, -0.15) is 13.2 Å². The van der Waals surface area contributed by atoms with E-state index in [1.165, 1.54) is 25.3 Å². The Balaban J connectivity index is 3.00. The first-order valence-corrected chi connectivity index (χ1v) is 4.62. The zero-order valence-electron chi connectivity index (χ0n) is 8.97.